The standard InChI is InChI=1S/3C4H12N.3H2O/c3*1-5(2,3)4;;;/h3*1-4H3;3*1H2/q3*+1;;;/p-3. The van der Waals surface area contributed by atoms with Gasteiger partial charge in [0.2, 0.25) is 0 Å². The summed E-state index contributed by atoms with van der Waals surface area (Å²) in [6.45, 7) is 0. The summed E-state index contributed by atoms with van der Waals surface area (Å²) in [5, 5.41) is 0. The lowest BCUT2D eigenvalue weighted by molar-refractivity contribution is -0.849. The predicted molar refractivity (Wildman–Crippen MR) is 77.7 cm³/mol. The van der Waals surface area contributed by atoms with Gasteiger partial charge >= 0.3 is 0 Å². The Morgan fingerprint density at radius 2 is 0.278 bits per heavy atom. The summed E-state index contributed by atoms with van der Waals surface area (Å²) in [6, 6.07) is 0. The molecule has 18 heavy (non-hydrogen) atoms. The fourth-order valence-electron chi connectivity index (χ4n) is 0. The van der Waals surface area contributed by atoms with Gasteiger partial charge in [0.25, 0.3) is 0 Å². The van der Waals surface area contributed by atoms with E-state index in [1.165, 1.54) is 0 Å². The summed E-state index contributed by atoms with van der Waals surface area (Å²) in [5.41, 5.74) is 0. The van der Waals surface area contributed by atoms with E-state index < -0.39 is 0 Å². The zero-order valence-corrected chi connectivity index (χ0v) is 14.7. The lowest BCUT2D eigenvalue weighted by Gasteiger charge is -2.14. The Morgan fingerprint density at radius 3 is 0.278 bits per heavy atom. The van der Waals surface area contributed by atoms with E-state index in [2.05, 4.69) is 84.6 Å². The average Bonchev–Trinajstić information content (AvgIpc) is 1.41. The van der Waals surface area contributed by atoms with Crippen LogP contribution in [0.2, 0.25) is 0 Å². The first-order valence-corrected chi connectivity index (χ1v) is 5.37. The molecule has 0 radical (unpaired) electrons. The minimum Gasteiger partial charge on any atom is -0.870 e. The fraction of sp³-hybridized carbons (Fsp3) is 1.00. The molecule has 0 heterocycles. The van der Waals surface area contributed by atoms with Gasteiger partial charge in [-0.05, 0) is 0 Å². The summed E-state index contributed by atoms with van der Waals surface area (Å²) in [5.74, 6) is 0. The maximum atomic E-state index is 2.12. The quantitative estimate of drug-likeness (QED) is 0.600. The van der Waals surface area contributed by atoms with Gasteiger partial charge in [-0.2, -0.15) is 0 Å². The average molecular weight is 273 g/mol. The van der Waals surface area contributed by atoms with E-state index in [0.717, 1.165) is 13.4 Å². The highest BCUT2D eigenvalue weighted by atomic mass is 16.0. The number of hydrogen-bond donors (Lipinski definition) is 0. The molecule has 6 nitrogen and oxygen atoms in total. The van der Waals surface area contributed by atoms with Crippen LogP contribution in [0.3, 0.4) is 0 Å². The van der Waals surface area contributed by atoms with Crippen molar-refractivity contribution in [1.82, 2.24) is 0 Å². The van der Waals surface area contributed by atoms with E-state index >= 15 is 0 Å². The van der Waals surface area contributed by atoms with Gasteiger partial charge in [0.15, 0.2) is 0 Å². The molecule has 0 saturated carbocycles. The van der Waals surface area contributed by atoms with Gasteiger partial charge in [-0.3, -0.25) is 0 Å². The Hall–Kier alpha value is -0.240. The smallest absolute Gasteiger partial charge is 0.0675 e. The van der Waals surface area contributed by atoms with Crippen LogP contribution in [0.25, 0.3) is 0 Å². The first-order chi connectivity index (χ1) is 6.00. The molecule has 0 unspecified atom stereocenters. The van der Waals surface area contributed by atoms with E-state index in [4.69, 9.17) is 0 Å². The van der Waals surface area contributed by atoms with Gasteiger partial charge in [-0.15, -0.1) is 0 Å². The van der Waals surface area contributed by atoms with Crippen molar-refractivity contribution in [3.8, 4) is 0 Å². The van der Waals surface area contributed by atoms with Crippen LogP contribution in [0, 0.1) is 0 Å². The number of nitrogens with zero attached hydrogens (tertiary/aromatic N) is 3. The third-order valence-electron chi connectivity index (χ3n) is 0. The first kappa shape index (κ1) is 36.1. The van der Waals surface area contributed by atoms with Crippen LogP contribution in [-0.2, 0) is 0 Å². The van der Waals surface area contributed by atoms with Gasteiger partial charge < -0.3 is 29.9 Å². The highest BCUT2D eigenvalue weighted by Crippen LogP contribution is 1.74. The van der Waals surface area contributed by atoms with Crippen molar-refractivity contribution in [3.63, 3.8) is 0 Å². The third-order valence-corrected chi connectivity index (χ3v) is 0. The molecule has 0 aromatic heterocycles. The predicted octanol–water partition coefficient (Wildman–Crippen LogP) is 0.437. The number of quaternary nitrogens is 3. The fourth-order valence-corrected chi connectivity index (χ4v) is 0. The normalized spacial score (nSPS) is 10.0. The van der Waals surface area contributed by atoms with E-state index in [1.54, 1.807) is 0 Å². The molecule has 0 aliphatic carbocycles. The molecule has 0 atom stereocenters. The van der Waals surface area contributed by atoms with Crippen molar-refractivity contribution in [1.29, 1.82) is 0 Å². The van der Waals surface area contributed by atoms with Crippen LogP contribution in [0.15, 0.2) is 0 Å². The van der Waals surface area contributed by atoms with Crippen molar-refractivity contribution < 1.29 is 29.9 Å². The molecular weight excluding hydrogens is 234 g/mol. The van der Waals surface area contributed by atoms with E-state index in [1.807, 2.05) is 0 Å². The summed E-state index contributed by atoms with van der Waals surface area (Å²) < 4.78 is 3.00. The molecule has 0 aliphatic rings. The van der Waals surface area contributed by atoms with Gasteiger partial charge in [0.1, 0.15) is 0 Å². The molecule has 0 amide bonds. The summed E-state index contributed by atoms with van der Waals surface area (Å²) in [7, 11) is 25.5. The second kappa shape index (κ2) is 13.2. The Bertz CT molecular complexity index is 97.6. The molecule has 0 rings (SSSR count). The maximum Gasteiger partial charge on any atom is 0.0675 e. The number of rotatable bonds is 0. The van der Waals surface area contributed by atoms with Crippen LogP contribution in [0.1, 0.15) is 0 Å². The second-order valence-electron chi connectivity index (χ2n) is 8.05. The summed E-state index contributed by atoms with van der Waals surface area (Å²) >= 11 is 0. The van der Waals surface area contributed by atoms with Crippen LogP contribution in [0.5, 0.6) is 0 Å². The molecule has 0 fully saturated rings. The zero-order chi connectivity index (χ0) is 13.5. The Balaban J connectivity index is -0.0000000277. The lowest BCUT2D eigenvalue weighted by Crippen LogP contribution is -2.27. The van der Waals surface area contributed by atoms with Crippen LogP contribution < -0.4 is 0 Å². The molecule has 0 saturated heterocycles. The van der Waals surface area contributed by atoms with Gasteiger partial charge in [0.05, 0.1) is 84.6 Å². The molecule has 0 spiro atoms. The molecule has 3 N–H and O–H groups in total. The van der Waals surface area contributed by atoms with Crippen molar-refractivity contribution in [2.45, 2.75) is 0 Å². The molecular formula is C12H39N3O3. The second-order valence-corrected chi connectivity index (χ2v) is 8.05. The SMILES string of the molecule is C[N+](C)(C)C.C[N+](C)(C)C.C[N+](C)(C)C.[OH-].[OH-].[OH-]. The first-order valence-electron chi connectivity index (χ1n) is 5.37. The minimum absolute atomic E-state index is 0. The summed E-state index contributed by atoms with van der Waals surface area (Å²) in [4.78, 5) is 0. The molecule has 120 valence electrons. The van der Waals surface area contributed by atoms with Crippen molar-refractivity contribution >= 4 is 0 Å². The van der Waals surface area contributed by atoms with E-state index in [9.17, 15) is 0 Å². The Labute approximate surface area is 115 Å². The van der Waals surface area contributed by atoms with Crippen LogP contribution >= 0.6 is 0 Å². The van der Waals surface area contributed by atoms with Crippen LogP contribution in [-0.4, -0.2) is 114 Å². The van der Waals surface area contributed by atoms with Crippen molar-refractivity contribution in [2.24, 2.45) is 0 Å². The van der Waals surface area contributed by atoms with Gasteiger partial charge in [-0.1, -0.05) is 0 Å². The Morgan fingerprint density at radius 1 is 0.278 bits per heavy atom. The molecule has 0 bridgehead atoms. The largest absolute Gasteiger partial charge is 0.870 e. The van der Waals surface area contributed by atoms with E-state index in [-0.39, 0.29) is 16.4 Å². The number of hydrogen-bond acceptors (Lipinski definition) is 3. The third kappa shape index (κ3) is 59600. The topological polar surface area (TPSA) is 90.0 Å². The highest BCUT2D eigenvalue weighted by molar-refractivity contribution is 3.88. The molecule has 0 aliphatic heterocycles. The Kier molecular flexibility index (Phi) is 26.4. The molecule has 0 aromatic carbocycles. The summed E-state index contributed by atoms with van der Waals surface area (Å²) in [6.07, 6.45) is 0. The monoisotopic (exact) mass is 273 g/mol. The lowest BCUT2D eigenvalue weighted by atomic mass is 10.8. The molecule has 6 heteroatoms. The van der Waals surface area contributed by atoms with Gasteiger partial charge in [0, 0.05) is 0 Å². The maximum absolute atomic E-state index is 2.12. The highest BCUT2D eigenvalue weighted by Gasteiger charge is 1.89. The van der Waals surface area contributed by atoms with Gasteiger partial charge in [-0.25, -0.2) is 0 Å². The minimum atomic E-state index is 0. The van der Waals surface area contributed by atoms with Crippen molar-refractivity contribution in [3.05, 3.63) is 0 Å². The van der Waals surface area contributed by atoms with E-state index in [0.29, 0.717) is 0 Å². The van der Waals surface area contributed by atoms with Crippen LogP contribution in [0.4, 0.5) is 0 Å². The van der Waals surface area contributed by atoms with Crippen molar-refractivity contribution in [2.75, 3.05) is 84.6 Å². The zero-order valence-electron chi connectivity index (χ0n) is 14.7. The molecule has 0 aromatic rings.